The summed E-state index contributed by atoms with van der Waals surface area (Å²) in [5.41, 5.74) is 7.95. The van der Waals surface area contributed by atoms with Gasteiger partial charge in [-0.2, -0.15) is 0 Å². The molecule has 0 saturated heterocycles. The first-order chi connectivity index (χ1) is 18.9. The number of methoxy groups -OCH3 is 1. The van der Waals surface area contributed by atoms with Crippen molar-refractivity contribution in [2.45, 2.75) is 89.1 Å². The first-order valence-corrected chi connectivity index (χ1v) is 14.0. The molecule has 4 N–H and O–H groups in total. The lowest BCUT2D eigenvalue weighted by molar-refractivity contribution is -0.135. The number of aliphatic imine (C=N–C) groups is 1. The minimum absolute atomic E-state index is 0.135. The van der Waals surface area contributed by atoms with Gasteiger partial charge in [-0.15, -0.1) is 0 Å². The van der Waals surface area contributed by atoms with Crippen LogP contribution in [0.4, 0.5) is 0 Å². The molecular formula is C31H40N4O5. The van der Waals surface area contributed by atoms with E-state index in [2.05, 4.69) is 5.32 Å². The molecule has 2 heterocycles. The molecule has 0 saturated carbocycles. The maximum absolute atomic E-state index is 13.7. The van der Waals surface area contributed by atoms with E-state index in [0.717, 1.165) is 16.7 Å². The Balaban J connectivity index is 1.51. The third-order valence-corrected chi connectivity index (χ3v) is 8.90. The van der Waals surface area contributed by atoms with Gasteiger partial charge in [-0.05, 0) is 62.9 Å². The number of amides is 2. The van der Waals surface area contributed by atoms with Crippen LogP contribution in [0.5, 0.6) is 5.75 Å². The van der Waals surface area contributed by atoms with Gasteiger partial charge >= 0.3 is 0 Å². The van der Waals surface area contributed by atoms with Crippen LogP contribution in [0, 0.1) is 6.92 Å². The van der Waals surface area contributed by atoms with Crippen LogP contribution >= 0.6 is 0 Å². The smallest absolute Gasteiger partial charge is 0.251 e. The molecule has 2 aromatic rings. The molecule has 2 aromatic carbocycles. The first kappa shape index (κ1) is 28.1. The molecule has 2 aliphatic heterocycles. The molecule has 2 amide bonds. The number of carbonyl (C=O) groups is 2. The molecule has 9 heteroatoms. The average Bonchev–Trinajstić information content (AvgIpc) is 3.32. The lowest BCUT2D eigenvalue weighted by Gasteiger charge is -2.42. The molecule has 0 fully saturated rings. The molecule has 0 aromatic heterocycles. The summed E-state index contributed by atoms with van der Waals surface area (Å²) in [5, 5.41) is 14.2. The highest BCUT2D eigenvalue weighted by atomic mass is 16.5. The van der Waals surface area contributed by atoms with Crippen molar-refractivity contribution < 1.29 is 24.2 Å². The molecule has 1 aliphatic carbocycles. The van der Waals surface area contributed by atoms with Gasteiger partial charge < -0.3 is 25.6 Å². The summed E-state index contributed by atoms with van der Waals surface area (Å²) in [6, 6.07) is 10.0. The predicted molar refractivity (Wildman–Crippen MR) is 152 cm³/mol. The maximum Gasteiger partial charge on any atom is 0.251 e. The molecule has 0 spiro atoms. The largest absolute Gasteiger partial charge is 0.482 e. The SMILES string of the molecule is CCC1(CC)CC(=O)N([C@H]2c3cc(C(=O)NC4c5cc(C)ccc5CC4(C)O)ccc3OC2(C)COC)C(N)=N1. The Morgan fingerprint density at radius 3 is 2.55 bits per heavy atom. The van der Waals surface area contributed by atoms with Gasteiger partial charge in [0.15, 0.2) is 11.6 Å². The summed E-state index contributed by atoms with van der Waals surface area (Å²) in [4.78, 5) is 33.6. The number of guanidine groups is 1. The number of aliphatic hydroxyl groups is 1. The molecule has 40 heavy (non-hydrogen) atoms. The van der Waals surface area contributed by atoms with E-state index in [9.17, 15) is 14.7 Å². The summed E-state index contributed by atoms with van der Waals surface area (Å²) in [6.07, 6.45) is 2.10. The number of benzene rings is 2. The summed E-state index contributed by atoms with van der Waals surface area (Å²) < 4.78 is 11.9. The van der Waals surface area contributed by atoms with E-state index in [-0.39, 0.29) is 30.8 Å². The molecule has 3 aliphatic rings. The zero-order chi connectivity index (χ0) is 29.0. The Bertz CT molecular complexity index is 1380. The van der Waals surface area contributed by atoms with Gasteiger partial charge in [-0.3, -0.25) is 14.5 Å². The Morgan fingerprint density at radius 1 is 1.18 bits per heavy atom. The number of ether oxygens (including phenoxy) is 2. The second-order valence-corrected chi connectivity index (χ2v) is 12.0. The molecular weight excluding hydrogens is 508 g/mol. The number of nitrogens with two attached hydrogens (primary N) is 1. The number of fused-ring (bicyclic) bond motifs is 2. The molecule has 4 atom stereocenters. The summed E-state index contributed by atoms with van der Waals surface area (Å²) in [7, 11) is 1.58. The van der Waals surface area contributed by atoms with Crippen molar-refractivity contribution in [2.24, 2.45) is 10.7 Å². The maximum atomic E-state index is 13.7. The topological polar surface area (TPSA) is 126 Å². The van der Waals surface area contributed by atoms with Crippen molar-refractivity contribution in [3.8, 4) is 5.75 Å². The number of nitrogens with zero attached hydrogens (tertiary/aromatic N) is 2. The van der Waals surface area contributed by atoms with Crippen LogP contribution in [0.2, 0.25) is 0 Å². The second kappa shape index (κ2) is 9.89. The summed E-state index contributed by atoms with van der Waals surface area (Å²) >= 11 is 0. The lowest BCUT2D eigenvalue weighted by atomic mass is 9.85. The normalized spacial score (nSPS) is 28.5. The van der Waals surface area contributed by atoms with Crippen LogP contribution in [-0.4, -0.2) is 58.2 Å². The fourth-order valence-electron chi connectivity index (χ4n) is 6.62. The Kier molecular flexibility index (Phi) is 6.95. The number of hydrogen-bond acceptors (Lipinski definition) is 7. The quantitative estimate of drug-likeness (QED) is 0.484. The number of nitrogens with one attached hydrogen (secondary N) is 1. The predicted octanol–water partition coefficient (Wildman–Crippen LogP) is 3.72. The monoisotopic (exact) mass is 548 g/mol. The fourth-order valence-corrected chi connectivity index (χ4v) is 6.62. The number of hydrogen-bond donors (Lipinski definition) is 3. The van der Waals surface area contributed by atoms with Gasteiger partial charge in [0.1, 0.15) is 11.8 Å². The van der Waals surface area contributed by atoms with E-state index >= 15 is 0 Å². The van der Waals surface area contributed by atoms with E-state index in [1.54, 1.807) is 32.2 Å². The standard InChI is InChI=1S/C31H40N4O5/c1-7-31(8-2)16-24(36)35(28(32)34-31)26-22-14-19(11-12-23(22)40-30(26,5)17-39-6)27(37)33-25-21-13-18(3)9-10-20(21)15-29(25,4)38/h9-14,25-26,38H,7-8,15-17H2,1-6H3,(H2,32,34)(H,33,37)/t25?,26-,29?,30?/m0/s1. The van der Waals surface area contributed by atoms with Crippen molar-refractivity contribution in [3.05, 3.63) is 64.2 Å². The van der Waals surface area contributed by atoms with E-state index in [1.165, 1.54) is 4.90 Å². The summed E-state index contributed by atoms with van der Waals surface area (Å²) in [5.74, 6) is 0.235. The number of aryl methyl sites for hydroxylation is 1. The first-order valence-electron chi connectivity index (χ1n) is 14.0. The lowest BCUT2D eigenvalue weighted by Crippen LogP contribution is -2.58. The van der Waals surface area contributed by atoms with Crippen LogP contribution in [-0.2, 0) is 16.0 Å². The molecule has 214 valence electrons. The van der Waals surface area contributed by atoms with Crippen LogP contribution in [0.25, 0.3) is 0 Å². The zero-order valence-corrected chi connectivity index (χ0v) is 24.2. The van der Waals surface area contributed by atoms with Crippen molar-refractivity contribution in [1.29, 1.82) is 0 Å². The van der Waals surface area contributed by atoms with Crippen molar-refractivity contribution in [2.75, 3.05) is 13.7 Å². The average molecular weight is 549 g/mol. The minimum Gasteiger partial charge on any atom is -0.482 e. The van der Waals surface area contributed by atoms with E-state index in [1.807, 2.05) is 45.9 Å². The van der Waals surface area contributed by atoms with E-state index in [0.29, 0.717) is 36.1 Å². The van der Waals surface area contributed by atoms with E-state index in [4.69, 9.17) is 20.2 Å². The van der Waals surface area contributed by atoms with Crippen molar-refractivity contribution >= 4 is 17.8 Å². The highest BCUT2D eigenvalue weighted by molar-refractivity contribution is 6.00. The third kappa shape index (κ3) is 4.55. The molecule has 3 unspecified atom stereocenters. The van der Waals surface area contributed by atoms with Gasteiger partial charge in [0, 0.05) is 24.7 Å². The van der Waals surface area contributed by atoms with Crippen molar-refractivity contribution in [1.82, 2.24) is 10.2 Å². The molecule has 9 nitrogen and oxygen atoms in total. The Morgan fingerprint density at radius 2 is 1.90 bits per heavy atom. The fraction of sp³-hybridized carbons (Fsp3) is 0.516. The highest BCUT2D eigenvalue weighted by Gasteiger charge is 2.53. The van der Waals surface area contributed by atoms with E-state index < -0.39 is 28.8 Å². The molecule has 0 bridgehead atoms. The number of rotatable bonds is 7. The second-order valence-electron chi connectivity index (χ2n) is 12.0. The minimum atomic E-state index is -1.12. The number of carbonyl (C=O) groups excluding carboxylic acids is 2. The zero-order valence-electron chi connectivity index (χ0n) is 24.2. The Labute approximate surface area is 235 Å². The Hall–Kier alpha value is -3.43. The van der Waals surface area contributed by atoms with Crippen molar-refractivity contribution in [3.63, 3.8) is 0 Å². The van der Waals surface area contributed by atoms with Crippen LogP contribution in [0.3, 0.4) is 0 Å². The summed E-state index contributed by atoms with van der Waals surface area (Å²) in [6.45, 7) is 9.83. The van der Waals surface area contributed by atoms with Gasteiger partial charge in [-0.25, -0.2) is 4.99 Å². The highest BCUT2D eigenvalue weighted by Crippen LogP contribution is 2.49. The van der Waals surface area contributed by atoms with Crippen LogP contribution in [0.1, 0.15) is 91.7 Å². The van der Waals surface area contributed by atoms with Crippen LogP contribution in [0.15, 0.2) is 41.4 Å². The van der Waals surface area contributed by atoms with Crippen LogP contribution < -0.4 is 15.8 Å². The molecule has 5 rings (SSSR count). The van der Waals surface area contributed by atoms with Gasteiger partial charge in [0.2, 0.25) is 5.91 Å². The third-order valence-electron chi connectivity index (χ3n) is 8.90. The molecule has 0 radical (unpaired) electrons. The van der Waals surface area contributed by atoms with Gasteiger partial charge in [-0.1, -0.05) is 37.6 Å². The van der Waals surface area contributed by atoms with Gasteiger partial charge in [0.25, 0.3) is 5.91 Å². The van der Waals surface area contributed by atoms with Gasteiger partial charge in [0.05, 0.1) is 30.2 Å².